The van der Waals surface area contributed by atoms with Crippen molar-refractivity contribution >= 4 is 5.69 Å². The molecule has 2 aliphatic rings. The van der Waals surface area contributed by atoms with Crippen molar-refractivity contribution in [3.8, 4) is 5.75 Å². The molecule has 1 aromatic rings. The number of aliphatic hydroxyl groups is 1. The van der Waals surface area contributed by atoms with E-state index in [0.29, 0.717) is 25.5 Å². The molecule has 0 bridgehead atoms. The highest BCUT2D eigenvalue weighted by Crippen LogP contribution is 2.25. The summed E-state index contributed by atoms with van der Waals surface area (Å²) in [6, 6.07) is 7.47. The van der Waals surface area contributed by atoms with Crippen molar-refractivity contribution in [1.29, 1.82) is 0 Å². The van der Waals surface area contributed by atoms with Gasteiger partial charge in [-0.3, -0.25) is 0 Å². The molecular formula is C18H29N2O4+. The number of ether oxygens (including phenoxy) is 2. The molecule has 24 heavy (non-hydrogen) atoms. The highest BCUT2D eigenvalue weighted by atomic mass is 16.5. The number of aromatic hydroxyl groups is 1. The van der Waals surface area contributed by atoms with Gasteiger partial charge in [-0.2, -0.15) is 0 Å². The molecule has 0 unspecified atom stereocenters. The Morgan fingerprint density at radius 2 is 2.08 bits per heavy atom. The molecule has 2 saturated heterocycles. The first-order valence-corrected chi connectivity index (χ1v) is 8.96. The summed E-state index contributed by atoms with van der Waals surface area (Å²) in [6.07, 6.45) is 1.96. The predicted molar refractivity (Wildman–Crippen MR) is 91.7 cm³/mol. The van der Waals surface area contributed by atoms with E-state index in [1.807, 2.05) is 18.2 Å². The number of hydrogen-bond donors (Lipinski definition) is 3. The van der Waals surface area contributed by atoms with Crippen molar-refractivity contribution < 1.29 is 24.6 Å². The van der Waals surface area contributed by atoms with Crippen LogP contribution in [0.1, 0.15) is 12.8 Å². The summed E-state index contributed by atoms with van der Waals surface area (Å²) in [5, 5.41) is 20.1. The zero-order valence-corrected chi connectivity index (χ0v) is 14.2. The monoisotopic (exact) mass is 337 g/mol. The van der Waals surface area contributed by atoms with Crippen molar-refractivity contribution in [3.05, 3.63) is 24.3 Å². The zero-order chi connectivity index (χ0) is 16.8. The van der Waals surface area contributed by atoms with E-state index < -0.39 is 6.10 Å². The van der Waals surface area contributed by atoms with E-state index in [1.54, 1.807) is 6.07 Å². The molecule has 3 rings (SSSR count). The number of nitrogens with zero attached hydrogens (tertiary/aromatic N) is 1. The van der Waals surface area contributed by atoms with Gasteiger partial charge in [0.1, 0.15) is 18.4 Å². The Bertz CT molecular complexity index is 500. The number of benzene rings is 1. The SMILES string of the molecule is Oc1ccccc1N1CC[NH+](C[C@H](O)COC[C@H]2CCCO2)CC1. The van der Waals surface area contributed by atoms with Crippen LogP contribution < -0.4 is 9.80 Å². The van der Waals surface area contributed by atoms with Gasteiger partial charge >= 0.3 is 0 Å². The number of piperazine rings is 1. The molecule has 0 spiro atoms. The second kappa shape index (κ2) is 8.67. The molecule has 6 nitrogen and oxygen atoms in total. The standard InChI is InChI=1S/C18H28N2O4/c21-15(13-23-14-16-4-3-11-24-16)12-19-7-9-20(10-8-19)17-5-1-2-6-18(17)22/h1-2,5-6,15-16,21-22H,3-4,7-14H2/p+1/t15-,16+/m0/s1. The number of phenolic OH excluding ortho intramolecular Hbond substituents is 1. The Hall–Kier alpha value is -1.34. The molecule has 2 aliphatic heterocycles. The number of quaternary nitrogens is 1. The molecule has 0 amide bonds. The van der Waals surface area contributed by atoms with Crippen molar-refractivity contribution in [2.75, 3.05) is 57.4 Å². The summed E-state index contributed by atoms with van der Waals surface area (Å²) >= 11 is 0. The van der Waals surface area contributed by atoms with Crippen molar-refractivity contribution in [3.63, 3.8) is 0 Å². The van der Waals surface area contributed by atoms with E-state index in [0.717, 1.165) is 51.3 Å². The summed E-state index contributed by atoms with van der Waals surface area (Å²) in [5.74, 6) is 0.337. The number of hydrogen-bond acceptors (Lipinski definition) is 5. The normalized spacial score (nSPS) is 23.5. The van der Waals surface area contributed by atoms with Gasteiger partial charge < -0.3 is 29.5 Å². The van der Waals surface area contributed by atoms with Gasteiger partial charge in [0, 0.05) is 6.61 Å². The molecule has 2 heterocycles. The number of phenols is 1. The summed E-state index contributed by atoms with van der Waals surface area (Å²) in [7, 11) is 0. The van der Waals surface area contributed by atoms with Crippen LogP contribution in [-0.4, -0.2) is 75.0 Å². The average molecular weight is 337 g/mol. The first-order valence-electron chi connectivity index (χ1n) is 8.96. The highest BCUT2D eigenvalue weighted by molar-refractivity contribution is 5.57. The average Bonchev–Trinajstić information content (AvgIpc) is 3.10. The fraction of sp³-hybridized carbons (Fsp3) is 0.667. The van der Waals surface area contributed by atoms with Gasteiger partial charge in [-0.15, -0.1) is 0 Å². The van der Waals surface area contributed by atoms with Crippen LogP contribution in [0.2, 0.25) is 0 Å². The van der Waals surface area contributed by atoms with Crippen molar-refractivity contribution in [1.82, 2.24) is 0 Å². The maximum atomic E-state index is 10.2. The number of rotatable bonds is 7. The Balaban J connectivity index is 1.35. The third-order valence-electron chi connectivity index (χ3n) is 4.86. The highest BCUT2D eigenvalue weighted by Gasteiger charge is 2.24. The van der Waals surface area contributed by atoms with E-state index in [4.69, 9.17) is 9.47 Å². The second-order valence-electron chi connectivity index (χ2n) is 6.76. The molecule has 0 aliphatic carbocycles. The van der Waals surface area contributed by atoms with Crippen LogP contribution in [0.3, 0.4) is 0 Å². The smallest absolute Gasteiger partial charge is 0.138 e. The quantitative estimate of drug-likeness (QED) is 0.635. The van der Waals surface area contributed by atoms with Gasteiger partial charge in [0.2, 0.25) is 0 Å². The minimum atomic E-state index is -0.432. The van der Waals surface area contributed by atoms with Crippen molar-refractivity contribution in [2.45, 2.75) is 25.0 Å². The molecule has 134 valence electrons. The van der Waals surface area contributed by atoms with Crippen LogP contribution in [0.15, 0.2) is 24.3 Å². The minimum Gasteiger partial charge on any atom is -0.506 e. The Labute approximate surface area is 143 Å². The summed E-state index contributed by atoms with van der Waals surface area (Å²) in [6.45, 7) is 6.20. The maximum absolute atomic E-state index is 10.2. The van der Waals surface area contributed by atoms with E-state index in [1.165, 1.54) is 4.90 Å². The topological polar surface area (TPSA) is 66.6 Å². The number of anilines is 1. The van der Waals surface area contributed by atoms with Crippen LogP contribution in [0.25, 0.3) is 0 Å². The summed E-state index contributed by atoms with van der Waals surface area (Å²) in [5.41, 5.74) is 0.900. The largest absolute Gasteiger partial charge is 0.506 e. The Morgan fingerprint density at radius 3 is 2.79 bits per heavy atom. The molecule has 3 N–H and O–H groups in total. The molecule has 0 aromatic heterocycles. The van der Waals surface area contributed by atoms with E-state index in [-0.39, 0.29) is 6.10 Å². The number of nitrogens with one attached hydrogen (secondary N) is 1. The lowest BCUT2D eigenvalue weighted by molar-refractivity contribution is -0.903. The lowest BCUT2D eigenvalue weighted by atomic mass is 10.2. The van der Waals surface area contributed by atoms with Crippen LogP contribution in [0.4, 0.5) is 5.69 Å². The molecule has 1 aromatic carbocycles. The molecular weight excluding hydrogens is 308 g/mol. The fourth-order valence-electron chi connectivity index (χ4n) is 3.50. The molecule has 2 atom stereocenters. The second-order valence-corrected chi connectivity index (χ2v) is 6.76. The van der Waals surface area contributed by atoms with Crippen LogP contribution >= 0.6 is 0 Å². The van der Waals surface area contributed by atoms with Gasteiger partial charge in [0.05, 0.1) is 51.2 Å². The lowest BCUT2D eigenvalue weighted by Crippen LogP contribution is -3.16. The predicted octanol–water partition coefficient (Wildman–Crippen LogP) is -0.346. The summed E-state index contributed by atoms with van der Waals surface area (Å²) in [4.78, 5) is 3.59. The van der Waals surface area contributed by atoms with E-state index >= 15 is 0 Å². The third kappa shape index (κ3) is 4.83. The number of aliphatic hydroxyl groups excluding tert-OH is 1. The molecule has 6 heteroatoms. The summed E-state index contributed by atoms with van der Waals surface area (Å²) < 4.78 is 11.1. The third-order valence-corrected chi connectivity index (χ3v) is 4.86. The van der Waals surface area contributed by atoms with Crippen LogP contribution in [0.5, 0.6) is 5.75 Å². The first-order chi connectivity index (χ1) is 11.7. The molecule has 0 saturated carbocycles. The Morgan fingerprint density at radius 1 is 1.29 bits per heavy atom. The minimum absolute atomic E-state index is 0.214. The Kier molecular flexibility index (Phi) is 6.31. The lowest BCUT2D eigenvalue weighted by Gasteiger charge is -2.34. The molecule has 2 fully saturated rings. The zero-order valence-electron chi connectivity index (χ0n) is 14.2. The van der Waals surface area contributed by atoms with Crippen LogP contribution in [-0.2, 0) is 9.47 Å². The fourth-order valence-corrected chi connectivity index (χ4v) is 3.50. The van der Waals surface area contributed by atoms with Gasteiger partial charge in [0.15, 0.2) is 0 Å². The molecule has 0 radical (unpaired) electrons. The van der Waals surface area contributed by atoms with Gasteiger partial charge in [-0.1, -0.05) is 12.1 Å². The number of para-hydroxylation sites is 2. The van der Waals surface area contributed by atoms with Crippen molar-refractivity contribution in [2.24, 2.45) is 0 Å². The first kappa shape index (κ1) is 17.5. The van der Waals surface area contributed by atoms with Crippen LogP contribution in [0, 0.1) is 0 Å². The van der Waals surface area contributed by atoms with Gasteiger partial charge in [-0.25, -0.2) is 0 Å². The maximum Gasteiger partial charge on any atom is 0.138 e. The van der Waals surface area contributed by atoms with E-state index in [9.17, 15) is 10.2 Å². The van der Waals surface area contributed by atoms with E-state index in [2.05, 4.69) is 4.90 Å². The van der Waals surface area contributed by atoms with Gasteiger partial charge in [0.25, 0.3) is 0 Å². The van der Waals surface area contributed by atoms with Gasteiger partial charge in [-0.05, 0) is 25.0 Å².